The van der Waals surface area contributed by atoms with Gasteiger partial charge >= 0.3 is 0 Å². The lowest BCUT2D eigenvalue weighted by molar-refractivity contribution is 0.796. The molecule has 0 amide bonds. The van der Waals surface area contributed by atoms with Crippen molar-refractivity contribution >= 4 is 38.8 Å². The van der Waals surface area contributed by atoms with Gasteiger partial charge in [-0.05, 0) is 51.5 Å². The van der Waals surface area contributed by atoms with E-state index >= 15 is 0 Å². The number of hydrogen-bond acceptors (Lipinski definition) is 4. The minimum atomic E-state index is 0.857. The highest BCUT2D eigenvalue weighted by atomic mass is 32.1. The average Bonchev–Trinajstić information content (AvgIpc) is 3.38. The van der Waals surface area contributed by atoms with Crippen LogP contribution in [0.15, 0.2) is 72.7 Å². The molecule has 32 heavy (non-hydrogen) atoms. The summed E-state index contributed by atoms with van der Waals surface area (Å²) in [5, 5.41) is 6.42. The SMILES string of the molecule is C=CC=C(C=CC)c1csc(Nc2cc3nc(-c4cccc(C)c4)n(CC)c3cc2C)n1. The Balaban J connectivity index is 1.71. The van der Waals surface area contributed by atoms with Crippen molar-refractivity contribution in [3.05, 3.63) is 89.5 Å². The molecule has 0 saturated heterocycles. The van der Waals surface area contributed by atoms with E-state index < -0.39 is 0 Å². The standard InChI is InChI=1S/C27H28N4S/c1-6-10-20(11-7-2)24-17-32-27(30-24)29-22-16-23-25(15-19(22)5)31(8-3)26(28-23)21-13-9-12-18(4)14-21/h6-7,9-17H,1,8H2,2-5H3,(H,29,30). The third kappa shape index (κ3) is 4.30. The smallest absolute Gasteiger partial charge is 0.187 e. The molecule has 0 unspecified atom stereocenters. The number of anilines is 2. The maximum absolute atomic E-state index is 5.00. The van der Waals surface area contributed by atoms with Crippen LogP contribution in [0.1, 0.15) is 30.7 Å². The van der Waals surface area contributed by atoms with E-state index in [0.29, 0.717) is 0 Å². The molecule has 4 aromatic rings. The molecule has 162 valence electrons. The zero-order valence-corrected chi connectivity index (χ0v) is 19.8. The van der Waals surface area contributed by atoms with Gasteiger partial charge in [0.1, 0.15) is 5.82 Å². The largest absolute Gasteiger partial charge is 0.331 e. The Bertz CT molecular complexity index is 1340. The summed E-state index contributed by atoms with van der Waals surface area (Å²) in [6.07, 6.45) is 7.81. The molecule has 2 aromatic heterocycles. The normalized spacial score (nSPS) is 12.1. The van der Waals surface area contributed by atoms with E-state index in [1.165, 1.54) is 5.56 Å². The van der Waals surface area contributed by atoms with Crippen molar-refractivity contribution in [2.45, 2.75) is 34.2 Å². The fourth-order valence-electron chi connectivity index (χ4n) is 3.85. The van der Waals surface area contributed by atoms with Crippen molar-refractivity contribution < 1.29 is 0 Å². The number of imidazole rings is 1. The molecular weight excluding hydrogens is 412 g/mol. The first-order valence-corrected chi connectivity index (χ1v) is 11.7. The summed E-state index contributed by atoms with van der Waals surface area (Å²) >= 11 is 1.59. The first-order chi connectivity index (χ1) is 15.5. The van der Waals surface area contributed by atoms with Gasteiger partial charge in [-0.15, -0.1) is 11.3 Å². The van der Waals surface area contributed by atoms with Gasteiger partial charge in [0, 0.05) is 28.7 Å². The molecule has 5 heteroatoms. The molecule has 0 aliphatic rings. The van der Waals surface area contributed by atoms with Crippen LogP contribution in [0.4, 0.5) is 10.8 Å². The number of allylic oxidation sites excluding steroid dienone is 5. The molecule has 2 aromatic carbocycles. The summed E-state index contributed by atoms with van der Waals surface area (Å²) in [4.78, 5) is 9.77. The number of fused-ring (bicyclic) bond motifs is 1. The summed E-state index contributed by atoms with van der Waals surface area (Å²) < 4.78 is 2.28. The van der Waals surface area contributed by atoms with Crippen molar-refractivity contribution in [1.29, 1.82) is 0 Å². The molecule has 0 bridgehead atoms. The van der Waals surface area contributed by atoms with E-state index in [2.05, 4.69) is 79.0 Å². The van der Waals surface area contributed by atoms with Crippen LogP contribution >= 0.6 is 11.3 Å². The number of aryl methyl sites for hydroxylation is 3. The van der Waals surface area contributed by atoms with E-state index in [-0.39, 0.29) is 0 Å². The Hall–Kier alpha value is -3.44. The van der Waals surface area contributed by atoms with Crippen LogP contribution in [-0.4, -0.2) is 14.5 Å². The van der Waals surface area contributed by atoms with E-state index in [1.54, 1.807) is 17.4 Å². The van der Waals surface area contributed by atoms with Crippen LogP contribution < -0.4 is 5.32 Å². The highest BCUT2D eigenvalue weighted by molar-refractivity contribution is 7.13. The molecule has 4 rings (SSSR count). The summed E-state index contributed by atoms with van der Waals surface area (Å²) in [7, 11) is 0. The van der Waals surface area contributed by atoms with Crippen molar-refractivity contribution in [2.24, 2.45) is 0 Å². The Morgan fingerprint density at radius 3 is 2.75 bits per heavy atom. The molecule has 2 heterocycles. The van der Waals surface area contributed by atoms with Crippen LogP contribution in [0.3, 0.4) is 0 Å². The lowest BCUT2D eigenvalue weighted by Gasteiger charge is -2.09. The number of nitrogens with zero attached hydrogens (tertiary/aromatic N) is 3. The molecule has 0 saturated carbocycles. The number of hydrogen-bond donors (Lipinski definition) is 1. The van der Waals surface area contributed by atoms with Gasteiger partial charge in [-0.2, -0.15) is 0 Å². The van der Waals surface area contributed by atoms with Crippen LogP contribution in [-0.2, 0) is 6.54 Å². The van der Waals surface area contributed by atoms with Gasteiger partial charge < -0.3 is 9.88 Å². The molecule has 0 atom stereocenters. The lowest BCUT2D eigenvalue weighted by atomic mass is 10.1. The highest BCUT2D eigenvalue weighted by Gasteiger charge is 2.15. The van der Waals surface area contributed by atoms with Crippen LogP contribution in [0.2, 0.25) is 0 Å². The summed E-state index contributed by atoms with van der Waals surface area (Å²) in [6, 6.07) is 12.9. The Morgan fingerprint density at radius 2 is 2.03 bits per heavy atom. The highest BCUT2D eigenvalue weighted by Crippen LogP contribution is 2.32. The number of thiazole rings is 1. The molecule has 0 spiro atoms. The molecule has 0 fully saturated rings. The third-order valence-corrected chi connectivity index (χ3v) is 6.13. The monoisotopic (exact) mass is 440 g/mol. The van der Waals surface area contributed by atoms with Gasteiger partial charge in [-0.1, -0.05) is 54.6 Å². The third-order valence-electron chi connectivity index (χ3n) is 5.37. The minimum Gasteiger partial charge on any atom is -0.331 e. The van der Waals surface area contributed by atoms with E-state index in [1.807, 2.05) is 25.2 Å². The van der Waals surface area contributed by atoms with E-state index in [9.17, 15) is 0 Å². The quantitative estimate of drug-likeness (QED) is 0.300. The lowest BCUT2D eigenvalue weighted by Crippen LogP contribution is -1.98. The second kappa shape index (κ2) is 9.37. The number of benzene rings is 2. The van der Waals surface area contributed by atoms with Crippen LogP contribution in [0.5, 0.6) is 0 Å². The van der Waals surface area contributed by atoms with Crippen LogP contribution in [0.25, 0.3) is 28.0 Å². The molecule has 0 aliphatic heterocycles. The molecule has 4 nitrogen and oxygen atoms in total. The minimum absolute atomic E-state index is 0.857. The van der Waals surface area contributed by atoms with Gasteiger partial charge in [-0.3, -0.25) is 0 Å². The predicted octanol–water partition coefficient (Wildman–Crippen LogP) is 7.69. The van der Waals surface area contributed by atoms with Crippen LogP contribution in [0, 0.1) is 13.8 Å². The van der Waals surface area contributed by atoms with Gasteiger partial charge in [-0.25, -0.2) is 9.97 Å². The molecular formula is C27H28N4S. The summed E-state index contributed by atoms with van der Waals surface area (Å²) in [5.41, 5.74) is 8.67. The zero-order chi connectivity index (χ0) is 22.7. The van der Waals surface area contributed by atoms with Gasteiger partial charge in [0.05, 0.1) is 16.7 Å². The average molecular weight is 441 g/mol. The Kier molecular flexibility index (Phi) is 6.37. The predicted molar refractivity (Wildman–Crippen MR) is 139 cm³/mol. The summed E-state index contributed by atoms with van der Waals surface area (Å²) in [5.74, 6) is 1.00. The molecule has 0 aliphatic carbocycles. The van der Waals surface area contributed by atoms with Gasteiger partial charge in [0.25, 0.3) is 0 Å². The maximum Gasteiger partial charge on any atom is 0.187 e. The van der Waals surface area contributed by atoms with Crippen molar-refractivity contribution in [2.75, 3.05) is 5.32 Å². The number of rotatable bonds is 7. The van der Waals surface area contributed by atoms with Gasteiger partial charge in [0.15, 0.2) is 5.13 Å². The van der Waals surface area contributed by atoms with Crippen molar-refractivity contribution in [1.82, 2.24) is 14.5 Å². The summed E-state index contributed by atoms with van der Waals surface area (Å²) in [6.45, 7) is 13.1. The topological polar surface area (TPSA) is 42.7 Å². The number of nitrogens with one attached hydrogen (secondary N) is 1. The fourth-order valence-corrected chi connectivity index (χ4v) is 4.58. The van der Waals surface area contributed by atoms with Crippen molar-refractivity contribution in [3.63, 3.8) is 0 Å². The first-order valence-electron chi connectivity index (χ1n) is 10.8. The second-order valence-electron chi connectivity index (χ2n) is 7.73. The Morgan fingerprint density at radius 1 is 1.19 bits per heavy atom. The van der Waals surface area contributed by atoms with Gasteiger partial charge in [0.2, 0.25) is 0 Å². The molecule has 0 radical (unpaired) electrons. The maximum atomic E-state index is 5.00. The fraction of sp³-hybridized carbons (Fsp3) is 0.185. The van der Waals surface area contributed by atoms with E-state index in [0.717, 1.165) is 56.6 Å². The number of aromatic nitrogens is 3. The van der Waals surface area contributed by atoms with Crippen molar-refractivity contribution in [3.8, 4) is 11.4 Å². The Labute approximate surface area is 193 Å². The first kappa shape index (κ1) is 21.8. The molecule has 1 N–H and O–H groups in total. The van der Waals surface area contributed by atoms with E-state index in [4.69, 9.17) is 9.97 Å². The zero-order valence-electron chi connectivity index (χ0n) is 19.0. The second-order valence-corrected chi connectivity index (χ2v) is 8.58.